The molecule has 18 heavy (non-hydrogen) atoms. The molecule has 0 spiro atoms. The fourth-order valence-electron chi connectivity index (χ4n) is 2.08. The van der Waals surface area contributed by atoms with Gasteiger partial charge in [0.15, 0.2) is 0 Å². The van der Waals surface area contributed by atoms with Crippen molar-refractivity contribution >= 4 is 16.6 Å². The van der Waals surface area contributed by atoms with E-state index in [0.29, 0.717) is 0 Å². The van der Waals surface area contributed by atoms with Gasteiger partial charge in [-0.15, -0.1) is 0 Å². The van der Waals surface area contributed by atoms with Gasteiger partial charge < -0.3 is 5.73 Å². The number of aromatic nitrogens is 1. The van der Waals surface area contributed by atoms with Crippen LogP contribution in [0.5, 0.6) is 0 Å². The van der Waals surface area contributed by atoms with Gasteiger partial charge in [0.2, 0.25) is 0 Å². The molecule has 0 unspecified atom stereocenters. The van der Waals surface area contributed by atoms with Crippen LogP contribution >= 0.6 is 0 Å². The summed E-state index contributed by atoms with van der Waals surface area (Å²) < 4.78 is 0. The van der Waals surface area contributed by atoms with Crippen LogP contribution < -0.4 is 5.73 Å². The zero-order chi connectivity index (χ0) is 12.5. The van der Waals surface area contributed by atoms with Gasteiger partial charge in [0.25, 0.3) is 0 Å². The Morgan fingerprint density at radius 1 is 0.944 bits per heavy atom. The van der Waals surface area contributed by atoms with Crippen molar-refractivity contribution in [3.63, 3.8) is 0 Å². The number of pyridine rings is 1. The molecule has 2 nitrogen and oxygen atoms in total. The van der Waals surface area contributed by atoms with Gasteiger partial charge in [0, 0.05) is 22.8 Å². The van der Waals surface area contributed by atoms with Gasteiger partial charge in [-0.2, -0.15) is 0 Å². The van der Waals surface area contributed by atoms with Crippen molar-refractivity contribution in [1.29, 1.82) is 0 Å². The number of rotatable bonds is 1. The molecule has 0 saturated heterocycles. The second-order valence-corrected chi connectivity index (χ2v) is 4.49. The molecule has 0 aliphatic carbocycles. The SMILES string of the molecule is Cc1cc(-c2cnc3ccccc3c2)ccc1N. The Labute approximate surface area is 106 Å². The predicted octanol–water partition coefficient (Wildman–Crippen LogP) is 3.79. The number of benzene rings is 2. The summed E-state index contributed by atoms with van der Waals surface area (Å²) in [7, 11) is 0. The van der Waals surface area contributed by atoms with Crippen LogP contribution in [-0.4, -0.2) is 4.98 Å². The molecule has 0 aliphatic rings. The lowest BCUT2D eigenvalue weighted by molar-refractivity contribution is 1.40. The zero-order valence-corrected chi connectivity index (χ0v) is 10.2. The highest BCUT2D eigenvalue weighted by molar-refractivity contribution is 5.83. The summed E-state index contributed by atoms with van der Waals surface area (Å²) >= 11 is 0. The molecule has 0 aliphatic heterocycles. The summed E-state index contributed by atoms with van der Waals surface area (Å²) in [6.07, 6.45) is 1.91. The molecular formula is C16H14N2. The first-order valence-electron chi connectivity index (χ1n) is 5.95. The van der Waals surface area contributed by atoms with Crippen molar-refractivity contribution in [2.24, 2.45) is 0 Å². The van der Waals surface area contributed by atoms with Crippen LogP contribution in [0.3, 0.4) is 0 Å². The molecule has 0 amide bonds. The Bertz CT molecular complexity index is 717. The van der Waals surface area contributed by atoms with E-state index in [1.165, 1.54) is 0 Å². The fraction of sp³-hybridized carbons (Fsp3) is 0.0625. The van der Waals surface area contributed by atoms with E-state index < -0.39 is 0 Å². The van der Waals surface area contributed by atoms with E-state index in [-0.39, 0.29) is 0 Å². The van der Waals surface area contributed by atoms with Crippen LogP contribution in [0.25, 0.3) is 22.0 Å². The number of hydrogen-bond donors (Lipinski definition) is 1. The van der Waals surface area contributed by atoms with Gasteiger partial charge in [0.1, 0.15) is 0 Å². The van der Waals surface area contributed by atoms with Gasteiger partial charge in [-0.25, -0.2) is 0 Å². The molecule has 2 N–H and O–H groups in total. The number of nitrogens with two attached hydrogens (primary N) is 1. The largest absolute Gasteiger partial charge is 0.399 e. The summed E-state index contributed by atoms with van der Waals surface area (Å²) in [5.74, 6) is 0. The second-order valence-electron chi connectivity index (χ2n) is 4.49. The van der Waals surface area contributed by atoms with Crippen LogP contribution in [0.2, 0.25) is 0 Å². The quantitative estimate of drug-likeness (QED) is 0.650. The van der Waals surface area contributed by atoms with Crippen molar-refractivity contribution in [3.05, 3.63) is 60.3 Å². The van der Waals surface area contributed by atoms with Crippen LogP contribution in [0.1, 0.15) is 5.56 Å². The van der Waals surface area contributed by atoms with E-state index >= 15 is 0 Å². The topological polar surface area (TPSA) is 38.9 Å². The minimum atomic E-state index is 0.826. The number of anilines is 1. The highest BCUT2D eigenvalue weighted by Crippen LogP contribution is 2.25. The second kappa shape index (κ2) is 4.15. The van der Waals surface area contributed by atoms with E-state index in [9.17, 15) is 0 Å². The number of aryl methyl sites for hydroxylation is 1. The number of nitrogen functional groups attached to an aromatic ring is 1. The van der Waals surface area contributed by atoms with Gasteiger partial charge >= 0.3 is 0 Å². The molecule has 0 bridgehead atoms. The summed E-state index contributed by atoms with van der Waals surface area (Å²) in [5.41, 5.74) is 11.1. The molecule has 2 heteroatoms. The molecule has 3 aromatic rings. The first kappa shape index (κ1) is 10.8. The van der Waals surface area contributed by atoms with E-state index in [0.717, 1.165) is 33.3 Å². The Hall–Kier alpha value is -2.35. The number of nitrogens with zero attached hydrogens (tertiary/aromatic N) is 1. The van der Waals surface area contributed by atoms with Crippen molar-refractivity contribution in [2.45, 2.75) is 6.92 Å². The molecule has 1 heterocycles. The van der Waals surface area contributed by atoms with Crippen LogP contribution in [0.4, 0.5) is 5.69 Å². The van der Waals surface area contributed by atoms with E-state index in [1.807, 2.05) is 43.5 Å². The molecule has 2 aromatic carbocycles. The van der Waals surface area contributed by atoms with Gasteiger partial charge in [-0.1, -0.05) is 24.3 Å². The van der Waals surface area contributed by atoms with Crippen LogP contribution in [0, 0.1) is 6.92 Å². The molecule has 3 rings (SSSR count). The third-order valence-corrected chi connectivity index (χ3v) is 3.19. The minimum absolute atomic E-state index is 0.826. The zero-order valence-electron chi connectivity index (χ0n) is 10.2. The van der Waals surface area contributed by atoms with Gasteiger partial charge in [-0.3, -0.25) is 4.98 Å². The van der Waals surface area contributed by atoms with Crippen molar-refractivity contribution in [1.82, 2.24) is 4.98 Å². The lowest BCUT2D eigenvalue weighted by Crippen LogP contribution is -1.90. The van der Waals surface area contributed by atoms with Crippen LogP contribution in [0.15, 0.2) is 54.7 Å². The Balaban J connectivity index is 2.16. The predicted molar refractivity (Wildman–Crippen MR) is 76.3 cm³/mol. The molecule has 1 aromatic heterocycles. The Kier molecular flexibility index (Phi) is 2.49. The smallest absolute Gasteiger partial charge is 0.0702 e. The maximum atomic E-state index is 5.84. The average molecular weight is 234 g/mol. The average Bonchev–Trinajstić information content (AvgIpc) is 2.41. The molecule has 0 atom stereocenters. The summed E-state index contributed by atoms with van der Waals surface area (Å²) in [4.78, 5) is 4.48. The summed E-state index contributed by atoms with van der Waals surface area (Å²) in [5, 5.41) is 1.16. The van der Waals surface area contributed by atoms with Gasteiger partial charge in [-0.05, 0) is 42.3 Å². The number of hydrogen-bond acceptors (Lipinski definition) is 2. The Morgan fingerprint density at radius 2 is 1.78 bits per heavy atom. The first-order valence-corrected chi connectivity index (χ1v) is 5.95. The highest BCUT2D eigenvalue weighted by Gasteiger charge is 2.02. The maximum absolute atomic E-state index is 5.84. The first-order chi connectivity index (χ1) is 8.74. The van der Waals surface area contributed by atoms with E-state index in [4.69, 9.17) is 5.73 Å². The Morgan fingerprint density at radius 3 is 2.61 bits per heavy atom. The van der Waals surface area contributed by atoms with Crippen LogP contribution in [-0.2, 0) is 0 Å². The molecular weight excluding hydrogens is 220 g/mol. The fourth-order valence-corrected chi connectivity index (χ4v) is 2.08. The van der Waals surface area contributed by atoms with E-state index in [1.54, 1.807) is 0 Å². The van der Waals surface area contributed by atoms with Crippen molar-refractivity contribution in [3.8, 4) is 11.1 Å². The van der Waals surface area contributed by atoms with Crippen molar-refractivity contribution in [2.75, 3.05) is 5.73 Å². The van der Waals surface area contributed by atoms with Gasteiger partial charge in [0.05, 0.1) is 5.52 Å². The van der Waals surface area contributed by atoms with E-state index in [2.05, 4.69) is 23.2 Å². The summed E-state index contributed by atoms with van der Waals surface area (Å²) in [6, 6.07) is 16.4. The third-order valence-electron chi connectivity index (χ3n) is 3.19. The van der Waals surface area contributed by atoms with Crippen molar-refractivity contribution < 1.29 is 0 Å². The maximum Gasteiger partial charge on any atom is 0.0702 e. The lowest BCUT2D eigenvalue weighted by atomic mass is 10.0. The highest BCUT2D eigenvalue weighted by atomic mass is 14.6. The molecule has 0 radical (unpaired) electrons. The lowest BCUT2D eigenvalue weighted by Gasteiger charge is -2.06. The minimum Gasteiger partial charge on any atom is -0.399 e. The monoisotopic (exact) mass is 234 g/mol. The summed E-state index contributed by atoms with van der Waals surface area (Å²) in [6.45, 7) is 2.02. The molecule has 88 valence electrons. The molecule has 0 fully saturated rings. The third kappa shape index (κ3) is 1.82. The number of fused-ring (bicyclic) bond motifs is 1. The number of para-hydroxylation sites is 1. The standard InChI is InChI=1S/C16H14N2/c1-11-8-12(6-7-15(11)17)14-9-13-4-2-3-5-16(13)18-10-14/h2-10H,17H2,1H3. The molecule has 0 saturated carbocycles. The normalized spacial score (nSPS) is 10.7.